The van der Waals surface area contributed by atoms with Gasteiger partial charge in [-0.05, 0) is 25.1 Å². The zero-order valence-electron chi connectivity index (χ0n) is 7.31. The Kier molecular flexibility index (Phi) is 2.33. The van der Waals surface area contributed by atoms with Crippen molar-refractivity contribution in [2.75, 3.05) is 0 Å². The number of pyridine rings is 1. The zero-order chi connectivity index (χ0) is 10.3. The first-order valence-electron chi connectivity index (χ1n) is 4.00. The molecule has 0 aliphatic carbocycles. The molecule has 1 nitrogen and oxygen atoms in total. The molecule has 2 rings (SSSR count). The Morgan fingerprint density at radius 2 is 1.86 bits per heavy atom. The summed E-state index contributed by atoms with van der Waals surface area (Å²) in [4.78, 5) is 4.19. The van der Waals surface area contributed by atoms with Crippen LogP contribution in [0.15, 0.2) is 18.2 Å². The maximum Gasteiger partial charge on any atom is 0.125 e. The van der Waals surface area contributed by atoms with Gasteiger partial charge in [-0.25, -0.2) is 4.39 Å². The number of nitrogens with zero attached hydrogens (tertiary/aromatic N) is 1. The fourth-order valence-electron chi connectivity index (χ4n) is 1.33. The van der Waals surface area contributed by atoms with Crippen molar-refractivity contribution in [3.63, 3.8) is 0 Å². The molecule has 0 spiro atoms. The quantitative estimate of drug-likeness (QED) is 0.666. The van der Waals surface area contributed by atoms with Gasteiger partial charge in [0.1, 0.15) is 5.82 Å². The lowest BCUT2D eigenvalue weighted by Gasteiger charge is -2.03. The van der Waals surface area contributed by atoms with Crippen molar-refractivity contribution < 1.29 is 4.39 Å². The van der Waals surface area contributed by atoms with E-state index in [-0.39, 0.29) is 5.02 Å². The number of rotatable bonds is 0. The number of benzene rings is 1. The first-order chi connectivity index (χ1) is 6.58. The van der Waals surface area contributed by atoms with Crippen LogP contribution in [-0.4, -0.2) is 4.98 Å². The van der Waals surface area contributed by atoms with Crippen molar-refractivity contribution >= 4 is 34.1 Å². The van der Waals surface area contributed by atoms with E-state index in [1.165, 1.54) is 12.1 Å². The second kappa shape index (κ2) is 3.37. The van der Waals surface area contributed by atoms with Gasteiger partial charge in [-0.1, -0.05) is 23.2 Å². The summed E-state index contributed by atoms with van der Waals surface area (Å²) in [7, 11) is 0. The summed E-state index contributed by atoms with van der Waals surface area (Å²) >= 11 is 11.8. The highest BCUT2D eigenvalue weighted by atomic mass is 35.5. The van der Waals surface area contributed by atoms with Crippen LogP contribution in [0.3, 0.4) is 0 Å². The third-order valence-corrected chi connectivity index (χ3v) is 2.51. The highest BCUT2D eigenvalue weighted by molar-refractivity contribution is 6.39. The number of aryl methyl sites for hydroxylation is 1. The Bertz CT molecular complexity index is 464. The summed E-state index contributed by atoms with van der Waals surface area (Å²) in [6, 6.07) is 4.24. The molecule has 1 aromatic carbocycles. The largest absolute Gasteiger partial charge is 0.251 e. The van der Waals surface area contributed by atoms with E-state index >= 15 is 0 Å². The van der Waals surface area contributed by atoms with Crippen LogP contribution < -0.4 is 0 Å². The van der Waals surface area contributed by atoms with Gasteiger partial charge >= 0.3 is 0 Å². The molecule has 0 fully saturated rings. The Labute approximate surface area is 90.5 Å². The van der Waals surface area contributed by atoms with Crippen LogP contribution in [-0.2, 0) is 0 Å². The van der Waals surface area contributed by atoms with Gasteiger partial charge < -0.3 is 0 Å². The highest BCUT2D eigenvalue weighted by Gasteiger charge is 2.07. The molecule has 0 unspecified atom stereocenters. The van der Waals surface area contributed by atoms with E-state index in [1.807, 2.05) is 6.92 Å². The molecule has 2 aromatic rings. The van der Waals surface area contributed by atoms with Gasteiger partial charge in [-0.3, -0.25) is 4.98 Å². The van der Waals surface area contributed by atoms with Gasteiger partial charge in [-0.2, -0.15) is 0 Å². The zero-order valence-corrected chi connectivity index (χ0v) is 8.83. The third-order valence-electron chi connectivity index (χ3n) is 1.91. The number of fused-ring (bicyclic) bond motifs is 1. The van der Waals surface area contributed by atoms with Crippen molar-refractivity contribution in [1.82, 2.24) is 4.98 Å². The summed E-state index contributed by atoms with van der Waals surface area (Å²) in [5.41, 5.74) is 1.30. The topological polar surface area (TPSA) is 12.9 Å². The molecule has 0 aliphatic rings. The van der Waals surface area contributed by atoms with Gasteiger partial charge in [0.2, 0.25) is 0 Å². The van der Waals surface area contributed by atoms with E-state index in [0.717, 1.165) is 5.69 Å². The monoisotopic (exact) mass is 229 g/mol. The van der Waals surface area contributed by atoms with Gasteiger partial charge in [0, 0.05) is 11.1 Å². The summed E-state index contributed by atoms with van der Waals surface area (Å²) in [6.07, 6.45) is 0. The molecule has 1 aromatic heterocycles. The van der Waals surface area contributed by atoms with Crippen molar-refractivity contribution in [2.45, 2.75) is 6.92 Å². The third kappa shape index (κ3) is 1.56. The van der Waals surface area contributed by atoms with Crippen molar-refractivity contribution in [3.05, 3.63) is 39.8 Å². The Morgan fingerprint density at radius 1 is 1.14 bits per heavy atom. The minimum atomic E-state index is -0.407. The average molecular weight is 230 g/mol. The molecule has 0 amide bonds. The Balaban J connectivity index is 2.94. The molecule has 4 heteroatoms. The van der Waals surface area contributed by atoms with Crippen LogP contribution in [0.5, 0.6) is 0 Å². The second-order valence-corrected chi connectivity index (χ2v) is 3.84. The van der Waals surface area contributed by atoms with Crippen LogP contribution in [0.4, 0.5) is 4.39 Å². The summed E-state index contributed by atoms with van der Waals surface area (Å²) in [6.45, 7) is 1.81. The normalized spacial score (nSPS) is 10.9. The van der Waals surface area contributed by atoms with Gasteiger partial charge in [0.15, 0.2) is 0 Å². The van der Waals surface area contributed by atoms with Crippen molar-refractivity contribution in [3.8, 4) is 0 Å². The predicted molar refractivity (Wildman–Crippen MR) is 56.5 cm³/mol. The van der Waals surface area contributed by atoms with Crippen molar-refractivity contribution in [1.29, 1.82) is 0 Å². The van der Waals surface area contributed by atoms with Crippen molar-refractivity contribution in [2.24, 2.45) is 0 Å². The Morgan fingerprint density at radius 3 is 2.57 bits per heavy atom. The van der Waals surface area contributed by atoms with E-state index in [4.69, 9.17) is 23.2 Å². The molecule has 0 N–H and O–H groups in total. The minimum Gasteiger partial charge on any atom is -0.251 e. The van der Waals surface area contributed by atoms with Crippen LogP contribution in [0.2, 0.25) is 10.0 Å². The standard InChI is InChI=1S/C10H6Cl2FN/c1-5-2-8(11)7-3-6(13)4-9(12)10(7)14-5/h2-4H,1H3. The molecular weight excluding hydrogens is 224 g/mol. The molecule has 0 saturated heterocycles. The van der Waals surface area contributed by atoms with E-state index in [1.54, 1.807) is 6.07 Å². The molecular formula is C10H6Cl2FN. The molecule has 72 valence electrons. The molecule has 0 saturated carbocycles. The average Bonchev–Trinajstić information content (AvgIpc) is 2.07. The van der Waals surface area contributed by atoms with Gasteiger partial charge in [-0.15, -0.1) is 0 Å². The van der Waals surface area contributed by atoms with Crippen LogP contribution in [0, 0.1) is 12.7 Å². The lowest BCUT2D eigenvalue weighted by Crippen LogP contribution is -1.87. The molecule has 0 atom stereocenters. The second-order valence-electron chi connectivity index (χ2n) is 3.03. The smallest absolute Gasteiger partial charge is 0.125 e. The fraction of sp³-hybridized carbons (Fsp3) is 0.100. The molecule has 0 aliphatic heterocycles. The Hall–Kier alpha value is -0.860. The van der Waals surface area contributed by atoms with Gasteiger partial charge in [0.05, 0.1) is 15.6 Å². The summed E-state index contributed by atoms with van der Waals surface area (Å²) < 4.78 is 13.0. The maximum absolute atomic E-state index is 13.0. The molecule has 14 heavy (non-hydrogen) atoms. The summed E-state index contributed by atoms with van der Waals surface area (Å²) in [5.74, 6) is -0.407. The van der Waals surface area contributed by atoms with Crippen LogP contribution in [0.1, 0.15) is 5.69 Å². The van der Waals surface area contributed by atoms with E-state index in [2.05, 4.69) is 4.98 Å². The maximum atomic E-state index is 13.0. The van der Waals surface area contributed by atoms with E-state index in [9.17, 15) is 4.39 Å². The lowest BCUT2D eigenvalue weighted by molar-refractivity contribution is 0.629. The van der Waals surface area contributed by atoms with Crippen LogP contribution in [0.25, 0.3) is 10.9 Å². The van der Waals surface area contributed by atoms with Crippen LogP contribution >= 0.6 is 23.2 Å². The first kappa shape index (κ1) is 9.69. The SMILES string of the molecule is Cc1cc(Cl)c2cc(F)cc(Cl)c2n1. The molecule has 0 radical (unpaired) electrons. The van der Waals surface area contributed by atoms with E-state index in [0.29, 0.717) is 15.9 Å². The predicted octanol–water partition coefficient (Wildman–Crippen LogP) is 3.99. The molecule has 1 heterocycles. The number of halogens is 3. The van der Waals surface area contributed by atoms with E-state index < -0.39 is 5.82 Å². The summed E-state index contributed by atoms with van der Waals surface area (Å²) in [5, 5.41) is 1.29. The number of hydrogen-bond donors (Lipinski definition) is 0. The lowest BCUT2D eigenvalue weighted by atomic mass is 10.2. The number of aromatic nitrogens is 1. The highest BCUT2D eigenvalue weighted by Crippen LogP contribution is 2.29. The fourth-order valence-corrected chi connectivity index (χ4v) is 1.88. The minimum absolute atomic E-state index is 0.283. The number of hydrogen-bond acceptors (Lipinski definition) is 1. The first-order valence-corrected chi connectivity index (χ1v) is 4.75. The molecule has 0 bridgehead atoms. The van der Waals surface area contributed by atoms with Gasteiger partial charge in [0.25, 0.3) is 0 Å².